The monoisotopic (exact) mass is 185 g/mol. The number of nitrogens with zero attached hydrogens (tertiary/aromatic N) is 1. The molecule has 0 aromatic rings. The Morgan fingerprint density at radius 3 is 2.62 bits per heavy atom. The molecule has 1 fully saturated rings. The molecule has 13 heavy (non-hydrogen) atoms. The number of hydrogen-bond acceptors (Lipinski definition) is 2. The van der Waals surface area contributed by atoms with Gasteiger partial charge in [-0.1, -0.05) is 20.8 Å². The van der Waals surface area contributed by atoms with Crippen LogP contribution in [0.4, 0.5) is 0 Å². The molecular weight excluding hydrogens is 162 g/mol. The van der Waals surface area contributed by atoms with Crippen molar-refractivity contribution >= 4 is 0 Å². The normalized spacial score (nSPS) is 25.4. The summed E-state index contributed by atoms with van der Waals surface area (Å²) >= 11 is 0. The Kier molecular flexibility index (Phi) is 3.74. The first-order valence-electron chi connectivity index (χ1n) is 5.38. The molecule has 2 nitrogen and oxygen atoms in total. The lowest BCUT2D eigenvalue weighted by Gasteiger charge is -2.30. The lowest BCUT2D eigenvalue weighted by atomic mass is 9.95. The Balaban J connectivity index is 2.39. The summed E-state index contributed by atoms with van der Waals surface area (Å²) in [6.45, 7) is 9.56. The van der Waals surface area contributed by atoms with E-state index in [1.807, 2.05) is 0 Å². The van der Waals surface area contributed by atoms with Gasteiger partial charge in [0.05, 0.1) is 0 Å². The molecule has 0 aromatic carbocycles. The van der Waals surface area contributed by atoms with Crippen molar-refractivity contribution in [2.75, 3.05) is 19.7 Å². The Bertz CT molecular complexity index is 151. The highest BCUT2D eigenvalue weighted by Crippen LogP contribution is 2.25. The van der Waals surface area contributed by atoms with Gasteiger partial charge in [0.2, 0.25) is 0 Å². The quantitative estimate of drug-likeness (QED) is 0.725. The van der Waals surface area contributed by atoms with Crippen LogP contribution in [-0.2, 0) is 0 Å². The Morgan fingerprint density at radius 1 is 1.38 bits per heavy atom. The molecule has 0 amide bonds. The fraction of sp³-hybridized carbons (Fsp3) is 1.00. The zero-order valence-electron chi connectivity index (χ0n) is 9.21. The third kappa shape index (κ3) is 3.65. The molecule has 0 bridgehead atoms. The predicted octanol–water partition coefficient (Wildman–Crippen LogP) is 1.88. The maximum absolute atomic E-state index is 8.92. The Hall–Kier alpha value is -0.0800. The first kappa shape index (κ1) is 11.0. The first-order valence-corrected chi connectivity index (χ1v) is 5.38. The van der Waals surface area contributed by atoms with Crippen LogP contribution in [0.1, 0.15) is 40.0 Å². The van der Waals surface area contributed by atoms with Crippen molar-refractivity contribution in [2.24, 2.45) is 5.41 Å². The van der Waals surface area contributed by atoms with Crippen LogP contribution < -0.4 is 0 Å². The van der Waals surface area contributed by atoms with E-state index < -0.39 is 0 Å². The number of aliphatic hydroxyl groups is 1. The second kappa shape index (κ2) is 4.43. The zero-order chi connectivity index (χ0) is 9.90. The van der Waals surface area contributed by atoms with Crippen LogP contribution in [-0.4, -0.2) is 35.7 Å². The van der Waals surface area contributed by atoms with E-state index in [2.05, 4.69) is 25.7 Å². The minimum absolute atomic E-state index is 0.339. The molecule has 1 saturated heterocycles. The van der Waals surface area contributed by atoms with Crippen LogP contribution in [0.3, 0.4) is 0 Å². The molecule has 1 aliphatic heterocycles. The highest BCUT2D eigenvalue weighted by molar-refractivity contribution is 4.82. The number of hydrogen-bond donors (Lipinski definition) is 1. The van der Waals surface area contributed by atoms with Gasteiger partial charge in [0.15, 0.2) is 0 Å². The molecule has 1 heterocycles. The molecule has 2 heteroatoms. The zero-order valence-corrected chi connectivity index (χ0v) is 9.21. The molecule has 0 spiro atoms. The van der Waals surface area contributed by atoms with Crippen LogP contribution in [0.5, 0.6) is 0 Å². The van der Waals surface area contributed by atoms with Crippen molar-refractivity contribution in [3.05, 3.63) is 0 Å². The third-order valence-corrected chi connectivity index (χ3v) is 2.64. The van der Waals surface area contributed by atoms with E-state index in [0.717, 1.165) is 13.0 Å². The second-order valence-electron chi connectivity index (χ2n) is 5.34. The van der Waals surface area contributed by atoms with Gasteiger partial charge in [-0.05, 0) is 31.2 Å². The molecular formula is C11H23NO. The van der Waals surface area contributed by atoms with Gasteiger partial charge >= 0.3 is 0 Å². The van der Waals surface area contributed by atoms with Gasteiger partial charge in [0.1, 0.15) is 0 Å². The van der Waals surface area contributed by atoms with E-state index >= 15 is 0 Å². The second-order valence-corrected chi connectivity index (χ2v) is 5.34. The van der Waals surface area contributed by atoms with Gasteiger partial charge in [-0.25, -0.2) is 0 Å². The molecule has 1 rings (SSSR count). The summed E-state index contributed by atoms with van der Waals surface area (Å²) in [6, 6.07) is 0.643. The molecule has 0 radical (unpaired) electrons. The van der Waals surface area contributed by atoms with Gasteiger partial charge in [0.25, 0.3) is 0 Å². The van der Waals surface area contributed by atoms with Gasteiger partial charge < -0.3 is 5.11 Å². The minimum Gasteiger partial charge on any atom is -0.396 e. The predicted molar refractivity (Wildman–Crippen MR) is 55.8 cm³/mol. The number of aliphatic hydroxyl groups excluding tert-OH is 1. The molecule has 0 unspecified atom stereocenters. The highest BCUT2D eigenvalue weighted by atomic mass is 16.3. The SMILES string of the molecule is CC(C)(C)CN1CCC[C@H]1CCO. The largest absolute Gasteiger partial charge is 0.396 e. The summed E-state index contributed by atoms with van der Waals surface area (Å²) in [5.41, 5.74) is 0.387. The van der Waals surface area contributed by atoms with Crippen molar-refractivity contribution in [1.29, 1.82) is 0 Å². The fourth-order valence-corrected chi connectivity index (χ4v) is 2.19. The average molecular weight is 185 g/mol. The molecule has 1 aliphatic rings. The van der Waals surface area contributed by atoms with Crippen LogP contribution >= 0.6 is 0 Å². The Labute approximate surface area is 81.9 Å². The molecule has 0 saturated carbocycles. The lowest BCUT2D eigenvalue weighted by molar-refractivity contribution is 0.150. The molecule has 0 aliphatic carbocycles. The average Bonchev–Trinajstić information content (AvgIpc) is 2.34. The first-order chi connectivity index (χ1) is 6.03. The van der Waals surface area contributed by atoms with Crippen LogP contribution in [0.2, 0.25) is 0 Å². The molecule has 78 valence electrons. The van der Waals surface area contributed by atoms with E-state index in [1.54, 1.807) is 0 Å². The van der Waals surface area contributed by atoms with Crippen LogP contribution in [0, 0.1) is 5.41 Å². The van der Waals surface area contributed by atoms with E-state index in [9.17, 15) is 0 Å². The van der Waals surface area contributed by atoms with Crippen molar-refractivity contribution in [2.45, 2.75) is 46.1 Å². The van der Waals surface area contributed by atoms with Gasteiger partial charge in [0, 0.05) is 19.2 Å². The van der Waals surface area contributed by atoms with Crippen LogP contribution in [0.15, 0.2) is 0 Å². The lowest BCUT2D eigenvalue weighted by Crippen LogP contribution is -2.36. The standard InChI is InChI=1S/C11H23NO/c1-11(2,3)9-12-7-4-5-10(12)6-8-13/h10,13H,4-9H2,1-3H3/t10-/m0/s1. The summed E-state index contributed by atoms with van der Waals surface area (Å²) in [5, 5.41) is 8.92. The van der Waals surface area contributed by atoms with Crippen molar-refractivity contribution in [3.8, 4) is 0 Å². The molecule has 0 aromatic heterocycles. The smallest absolute Gasteiger partial charge is 0.0445 e. The topological polar surface area (TPSA) is 23.5 Å². The summed E-state index contributed by atoms with van der Waals surface area (Å²) in [7, 11) is 0. The summed E-state index contributed by atoms with van der Waals surface area (Å²) in [5.74, 6) is 0. The Morgan fingerprint density at radius 2 is 2.08 bits per heavy atom. The highest BCUT2D eigenvalue weighted by Gasteiger charge is 2.27. The third-order valence-electron chi connectivity index (χ3n) is 2.64. The molecule has 1 atom stereocenters. The van der Waals surface area contributed by atoms with Crippen molar-refractivity contribution in [3.63, 3.8) is 0 Å². The minimum atomic E-state index is 0.339. The number of likely N-dealkylation sites (tertiary alicyclic amines) is 1. The van der Waals surface area contributed by atoms with Crippen molar-refractivity contribution in [1.82, 2.24) is 4.90 Å². The summed E-state index contributed by atoms with van der Waals surface area (Å²) in [6.07, 6.45) is 3.54. The van der Waals surface area contributed by atoms with E-state index in [4.69, 9.17) is 5.11 Å². The van der Waals surface area contributed by atoms with E-state index in [0.29, 0.717) is 18.1 Å². The van der Waals surface area contributed by atoms with E-state index in [1.165, 1.54) is 19.4 Å². The molecule has 1 N–H and O–H groups in total. The van der Waals surface area contributed by atoms with Gasteiger partial charge in [-0.3, -0.25) is 4.90 Å². The van der Waals surface area contributed by atoms with Gasteiger partial charge in [-0.2, -0.15) is 0 Å². The van der Waals surface area contributed by atoms with Crippen LogP contribution in [0.25, 0.3) is 0 Å². The van der Waals surface area contributed by atoms with E-state index in [-0.39, 0.29) is 0 Å². The fourth-order valence-electron chi connectivity index (χ4n) is 2.19. The number of rotatable bonds is 3. The maximum atomic E-state index is 8.92. The summed E-state index contributed by atoms with van der Waals surface area (Å²) < 4.78 is 0. The van der Waals surface area contributed by atoms with Gasteiger partial charge in [-0.15, -0.1) is 0 Å². The maximum Gasteiger partial charge on any atom is 0.0445 e. The summed E-state index contributed by atoms with van der Waals surface area (Å²) in [4.78, 5) is 2.54. The van der Waals surface area contributed by atoms with Crippen molar-refractivity contribution < 1.29 is 5.11 Å².